The molecule has 0 aliphatic rings. The number of pyridine rings is 1. The summed E-state index contributed by atoms with van der Waals surface area (Å²) in [5.74, 6) is 1.28. The fourth-order valence-corrected chi connectivity index (χ4v) is 4.37. The Kier molecular flexibility index (Phi) is 6.71. The van der Waals surface area contributed by atoms with Gasteiger partial charge in [0.15, 0.2) is 0 Å². The Hall–Kier alpha value is -5.39. The van der Waals surface area contributed by atoms with E-state index in [2.05, 4.69) is 20.5 Å². The number of nitrogens with one attached hydrogen (secondary N) is 1. The summed E-state index contributed by atoms with van der Waals surface area (Å²) in [5, 5.41) is 11.1. The summed E-state index contributed by atoms with van der Waals surface area (Å²) >= 11 is 0. The van der Waals surface area contributed by atoms with Gasteiger partial charge in [0.05, 0.1) is 23.3 Å². The van der Waals surface area contributed by atoms with Crippen molar-refractivity contribution >= 4 is 11.0 Å². The first-order valence-corrected chi connectivity index (χ1v) is 12.2. The number of H-pyrrole nitrogens is 1. The Morgan fingerprint density at radius 3 is 2.52 bits per heavy atom. The van der Waals surface area contributed by atoms with Crippen LogP contribution in [-0.2, 0) is 13.2 Å². The number of tetrazole rings is 1. The van der Waals surface area contributed by atoms with Gasteiger partial charge in [-0.2, -0.15) is 8.78 Å². The van der Waals surface area contributed by atoms with Crippen LogP contribution in [0.1, 0.15) is 11.4 Å². The number of hydrogen-bond donors (Lipinski definition) is 1. The second kappa shape index (κ2) is 10.8. The first kappa shape index (κ1) is 24.9. The van der Waals surface area contributed by atoms with Crippen molar-refractivity contribution in [1.82, 2.24) is 34.7 Å². The minimum absolute atomic E-state index is 0.0844. The smallest absolute Gasteiger partial charge is 0.387 e. The molecule has 0 amide bonds. The van der Waals surface area contributed by atoms with Gasteiger partial charge in [-0.15, -0.1) is 5.10 Å². The number of para-hydroxylation sites is 1. The Labute approximate surface area is 225 Å². The van der Waals surface area contributed by atoms with E-state index in [1.807, 2.05) is 34.9 Å². The fraction of sp³-hybridized carbons (Fsp3) is 0.107. The zero-order chi connectivity index (χ0) is 27.5. The Balaban J connectivity index is 1.36. The zero-order valence-corrected chi connectivity index (χ0v) is 20.8. The van der Waals surface area contributed by atoms with Crippen molar-refractivity contribution in [3.63, 3.8) is 0 Å². The van der Waals surface area contributed by atoms with E-state index in [1.165, 1.54) is 23.1 Å². The molecule has 40 heavy (non-hydrogen) atoms. The van der Waals surface area contributed by atoms with Gasteiger partial charge in [-0.1, -0.05) is 24.3 Å². The number of benzene rings is 3. The van der Waals surface area contributed by atoms with E-state index in [-0.39, 0.29) is 24.5 Å². The van der Waals surface area contributed by atoms with Crippen LogP contribution in [0.25, 0.3) is 27.8 Å². The number of rotatable bonds is 9. The highest BCUT2D eigenvalue weighted by atomic mass is 19.3. The molecule has 1 N–H and O–H groups in total. The van der Waals surface area contributed by atoms with Crippen LogP contribution in [0.5, 0.6) is 11.5 Å². The summed E-state index contributed by atoms with van der Waals surface area (Å²) < 4.78 is 40.5. The highest BCUT2D eigenvalue weighted by Crippen LogP contribution is 2.28. The maximum absolute atomic E-state index is 13.1. The molecule has 0 bridgehead atoms. The third-order valence-electron chi connectivity index (χ3n) is 6.28. The van der Waals surface area contributed by atoms with Gasteiger partial charge in [0, 0.05) is 17.8 Å². The molecule has 0 spiro atoms. The van der Waals surface area contributed by atoms with E-state index in [9.17, 15) is 13.6 Å². The van der Waals surface area contributed by atoms with Crippen molar-refractivity contribution in [2.24, 2.45) is 0 Å². The molecule has 0 atom stereocenters. The average molecular weight is 542 g/mol. The third-order valence-corrected chi connectivity index (χ3v) is 6.28. The second-order valence-electron chi connectivity index (χ2n) is 8.78. The van der Waals surface area contributed by atoms with Crippen molar-refractivity contribution < 1.29 is 18.3 Å². The molecule has 200 valence electrons. The number of aromatic amines is 1. The van der Waals surface area contributed by atoms with Crippen LogP contribution in [0.2, 0.25) is 0 Å². The Morgan fingerprint density at radius 1 is 0.950 bits per heavy atom. The number of halogens is 2. The molecule has 0 aliphatic heterocycles. The highest BCUT2D eigenvalue weighted by molar-refractivity contribution is 5.82. The topological polar surface area (TPSA) is 113 Å². The molecule has 0 aliphatic carbocycles. The number of ether oxygens (including phenoxy) is 2. The van der Waals surface area contributed by atoms with Crippen LogP contribution >= 0.6 is 0 Å². The normalized spacial score (nSPS) is 11.3. The molecule has 3 aromatic heterocycles. The second-order valence-corrected chi connectivity index (χ2v) is 8.78. The van der Waals surface area contributed by atoms with Gasteiger partial charge in [0.25, 0.3) is 0 Å². The number of alkyl halides is 2. The van der Waals surface area contributed by atoms with Crippen molar-refractivity contribution in [1.29, 1.82) is 0 Å². The predicted octanol–water partition coefficient (Wildman–Crippen LogP) is 4.60. The van der Waals surface area contributed by atoms with E-state index in [0.29, 0.717) is 22.7 Å². The van der Waals surface area contributed by atoms with Crippen molar-refractivity contribution in [3.05, 3.63) is 113 Å². The fourth-order valence-electron chi connectivity index (χ4n) is 4.37. The number of hydrogen-bond acceptors (Lipinski definition) is 7. The van der Waals surface area contributed by atoms with Crippen LogP contribution in [0, 0.1) is 0 Å². The predicted molar refractivity (Wildman–Crippen MR) is 141 cm³/mol. The Morgan fingerprint density at radius 2 is 1.77 bits per heavy atom. The largest absolute Gasteiger partial charge is 0.486 e. The monoisotopic (exact) mass is 541 g/mol. The summed E-state index contributed by atoms with van der Waals surface area (Å²) in [6.07, 6.45) is 3.13. The molecular weight excluding hydrogens is 520 g/mol. The first-order chi connectivity index (χ1) is 19.5. The summed E-state index contributed by atoms with van der Waals surface area (Å²) in [4.78, 5) is 19.0. The molecule has 6 aromatic rings. The van der Waals surface area contributed by atoms with E-state index in [4.69, 9.17) is 14.5 Å². The quantitative estimate of drug-likeness (QED) is 0.285. The third kappa shape index (κ3) is 5.27. The van der Waals surface area contributed by atoms with Gasteiger partial charge in [-0.25, -0.2) is 9.67 Å². The maximum Gasteiger partial charge on any atom is 0.387 e. The van der Waals surface area contributed by atoms with E-state index >= 15 is 0 Å². The summed E-state index contributed by atoms with van der Waals surface area (Å²) in [6.45, 7) is -2.62. The van der Waals surface area contributed by atoms with Gasteiger partial charge in [0.2, 0.25) is 5.56 Å². The SMILES string of the molecule is O=c1ccc(-c2ccc3nc(COc4ccc(-n5cnnn5)cc4)n(Cc4ccccc4OC(F)F)c3c2)c[nH]1. The first-order valence-electron chi connectivity index (χ1n) is 12.2. The van der Waals surface area contributed by atoms with Gasteiger partial charge >= 0.3 is 6.61 Å². The lowest BCUT2D eigenvalue weighted by Crippen LogP contribution is -2.11. The van der Waals surface area contributed by atoms with Crippen LogP contribution in [0.3, 0.4) is 0 Å². The standard InChI is InChI=1S/C28H21F2N7O3/c29-28(30)40-25-4-2-1-3-20(25)15-36-24-13-18(19-6-12-27(38)31-14-19)5-11-23(24)33-26(36)16-39-22-9-7-21(8-10-22)37-17-32-34-35-37/h1-14,17,28H,15-16H2,(H,31,38). The molecule has 0 saturated carbocycles. The van der Waals surface area contributed by atoms with Gasteiger partial charge in [-0.05, 0) is 70.1 Å². The summed E-state index contributed by atoms with van der Waals surface area (Å²) in [7, 11) is 0. The lowest BCUT2D eigenvalue weighted by molar-refractivity contribution is -0.0504. The van der Waals surface area contributed by atoms with Crippen LogP contribution in [-0.4, -0.2) is 41.4 Å². The highest BCUT2D eigenvalue weighted by Gasteiger charge is 2.16. The van der Waals surface area contributed by atoms with Crippen LogP contribution in [0.15, 0.2) is 96.2 Å². The van der Waals surface area contributed by atoms with Crippen LogP contribution in [0.4, 0.5) is 8.78 Å². The molecule has 0 fully saturated rings. The van der Waals surface area contributed by atoms with Crippen molar-refractivity contribution in [2.75, 3.05) is 0 Å². The molecule has 0 unspecified atom stereocenters. The van der Waals surface area contributed by atoms with Gasteiger partial charge in [0.1, 0.15) is 30.3 Å². The molecule has 10 nitrogen and oxygen atoms in total. The van der Waals surface area contributed by atoms with Gasteiger partial charge in [-0.3, -0.25) is 4.79 Å². The average Bonchev–Trinajstić information content (AvgIpc) is 3.62. The lowest BCUT2D eigenvalue weighted by Gasteiger charge is -2.14. The number of aromatic nitrogens is 7. The van der Waals surface area contributed by atoms with Crippen LogP contribution < -0.4 is 15.0 Å². The number of fused-ring (bicyclic) bond motifs is 1. The number of nitrogens with zero attached hydrogens (tertiary/aromatic N) is 6. The van der Waals surface area contributed by atoms with Crippen molar-refractivity contribution in [3.8, 4) is 28.3 Å². The molecular formula is C28H21F2N7O3. The Bertz CT molecular complexity index is 1800. The van der Waals surface area contributed by atoms with Crippen molar-refractivity contribution in [2.45, 2.75) is 19.8 Å². The number of imidazole rings is 1. The zero-order valence-electron chi connectivity index (χ0n) is 20.8. The minimum atomic E-state index is -2.95. The van der Waals surface area contributed by atoms with E-state index in [0.717, 1.165) is 22.3 Å². The molecule has 12 heteroatoms. The minimum Gasteiger partial charge on any atom is -0.486 e. The molecule has 0 saturated heterocycles. The van der Waals surface area contributed by atoms with Gasteiger partial charge < -0.3 is 19.0 Å². The van der Waals surface area contributed by atoms with E-state index in [1.54, 1.807) is 42.6 Å². The van der Waals surface area contributed by atoms with E-state index < -0.39 is 6.61 Å². The molecule has 0 radical (unpaired) electrons. The maximum atomic E-state index is 13.1. The summed E-state index contributed by atoms with van der Waals surface area (Å²) in [6, 6.07) is 22.8. The molecule has 6 rings (SSSR count). The molecule has 3 aromatic carbocycles. The summed E-state index contributed by atoms with van der Waals surface area (Å²) in [5.41, 5.74) is 4.27. The molecule has 3 heterocycles. The lowest BCUT2D eigenvalue weighted by atomic mass is 10.1.